The van der Waals surface area contributed by atoms with E-state index in [2.05, 4.69) is 0 Å². The second-order valence-corrected chi connectivity index (χ2v) is 9.17. The van der Waals surface area contributed by atoms with Crippen molar-refractivity contribution >= 4 is 21.4 Å². The van der Waals surface area contributed by atoms with Gasteiger partial charge in [0.05, 0.1) is 6.61 Å². The zero-order chi connectivity index (χ0) is 14.2. The molecule has 1 N–H and O–H groups in total. The number of hydrogen-bond donors (Lipinski definition) is 1. The molecule has 0 spiro atoms. The van der Waals surface area contributed by atoms with Crippen LogP contribution >= 0.6 is 11.3 Å². The molecule has 2 fully saturated rings. The van der Waals surface area contributed by atoms with Crippen molar-refractivity contribution in [3.8, 4) is 0 Å². The van der Waals surface area contributed by atoms with Crippen LogP contribution in [0.25, 0.3) is 0 Å². The minimum atomic E-state index is -3.36. The maximum atomic E-state index is 12.6. The second kappa shape index (κ2) is 5.75. The lowest BCUT2D eigenvalue weighted by Gasteiger charge is -2.40. The average molecular weight is 315 g/mol. The van der Waals surface area contributed by atoms with Crippen molar-refractivity contribution in [3.05, 3.63) is 17.0 Å². The van der Waals surface area contributed by atoms with Crippen molar-refractivity contribution in [2.45, 2.75) is 42.9 Å². The summed E-state index contributed by atoms with van der Waals surface area (Å²) in [7, 11) is -3.36. The molecule has 1 saturated heterocycles. The van der Waals surface area contributed by atoms with E-state index in [-0.39, 0.29) is 6.61 Å². The lowest BCUT2D eigenvalue weighted by molar-refractivity contribution is 0.136. The molecule has 112 valence electrons. The molecule has 2 heterocycles. The van der Waals surface area contributed by atoms with Crippen LogP contribution in [0.1, 0.15) is 37.0 Å². The molecular formula is C14H21NO3S2. The van der Waals surface area contributed by atoms with Gasteiger partial charge >= 0.3 is 0 Å². The molecule has 1 aromatic rings. The molecule has 0 amide bonds. The van der Waals surface area contributed by atoms with Crippen molar-refractivity contribution in [2.75, 3.05) is 13.1 Å². The van der Waals surface area contributed by atoms with Crippen LogP contribution in [-0.4, -0.2) is 30.9 Å². The Morgan fingerprint density at radius 1 is 1.20 bits per heavy atom. The number of thiophene rings is 1. The van der Waals surface area contributed by atoms with Crippen LogP contribution in [0.15, 0.2) is 16.3 Å². The fourth-order valence-corrected chi connectivity index (χ4v) is 6.38. The Hall–Kier alpha value is -0.430. The maximum absolute atomic E-state index is 12.6. The third kappa shape index (κ3) is 2.66. The van der Waals surface area contributed by atoms with Gasteiger partial charge in [-0.2, -0.15) is 4.31 Å². The van der Waals surface area contributed by atoms with E-state index in [0.717, 1.165) is 12.3 Å². The second-order valence-electron chi connectivity index (χ2n) is 5.84. The van der Waals surface area contributed by atoms with Gasteiger partial charge in [0.2, 0.25) is 0 Å². The molecule has 0 aromatic carbocycles. The number of nitrogens with zero attached hydrogens (tertiary/aromatic N) is 1. The van der Waals surface area contributed by atoms with Gasteiger partial charge in [-0.15, -0.1) is 11.3 Å². The fourth-order valence-electron chi connectivity index (χ4n) is 3.49. The molecule has 3 rings (SSSR count). The monoisotopic (exact) mass is 315 g/mol. The van der Waals surface area contributed by atoms with Gasteiger partial charge in [0.1, 0.15) is 4.21 Å². The highest BCUT2D eigenvalue weighted by molar-refractivity contribution is 7.91. The number of hydrogen-bond acceptors (Lipinski definition) is 4. The van der Waals surface area contributed by atoms with Crippen LogP contribution < -0.4 is 0 Å². The number of aliphatic hydroxyl groups is 1. The first kappa shape index (κ1) is 14.5. The molecule has 1 aliphatic heterocycles. The lowest BCUT2D eigenvalue weighted by atomic mass is 9.76. The van der Waals surface area contributed by atoms with Crippen LogP contribution in [0.4, 0.5) is 0 Å². The van der Waals surface area contributed by atoms with Crippen LogP contribution in [0, 0.1) is 11.8 Å². The summed E-state index contributed by atoms with van der Waals surface area (Å²) in [6, 6.07) is 3.32. The van der Waals surface area contributed by atoms with Gasteiger partial charge in [-0.05, 0) is 36.8 Å². The van der Waals surface area contributed by atoms with E-state index in [1.165, 1.54) is 37.0 Å². The molecule has 1 saturated carbocycles. The normalized spacial score (nSPS) is 28.2. The smallest absolute Gasteiger partial charge is 0.252 e. The maximum Gasteiger partial charge on any atom is 0.252 e. The molecule has 1 aromatic heterocycles. The summed E-state index contributed by atoms with van der Waals surface area (Å²) in [6.45, 7) is 1.24. The molecule has 0 bridgehead atoms. The van der Waals surface area contributed by atoms with Gasteiger partial charge in [-0.25, -0.2) is 8.42 Å². The number of rotatable bonds is 3. The first-order valence-electron chi connectivity index (χ1n) is 7.31. The summed E-state index contributed by atoms with van der Waals surface area (Å²) in [4.78, 5) is 0.705. The Labute approximate surface area is 124 Å². The zero-order valence-corrected chi connectivity index (χ0v) is 13.1. The van der Waals surface area contributed by atoms with Crippen molar-refractivity contribution in [3.63, 3.8) is 0 Å². The highest BCUT2D eigenvalue weighted by Gasteiger charge is 2.36. The summed E-state index contributed by atoms with van der Waals surface area (Å²) in [6.07, 6.45) is 5.98. The fraction of sp³-hybridized carbons (Fsp3) is 0.714. The standard InChI is InChI=1S/C14H21NO3S2/c16-10-13-5-6-14(19-13)20(17,18)15-8-7-11-3-1-2-4-12(11)9-15/h5-6,11-12,16H,1-4,7-10H2. The SMILES string of the molecule is O=S(=O)(c1ccc(CO)s1)N1CCC2CCCCC2C1. The Morgan fingerprint density at radius 2 is 1.95 bits per heavy atom. The predicted molar refractivity (Wildman–Crippen MR) is 79.1 cm³/mol. The van der Waals surface area contributed by atoms with Crippen LogP contribution in [0.3, 0.4) is 0 Å². The van der Waals surface area contributed by atoms with Gasteiger partial charge in [-0.3, -0.25) is 0 Å². The van der Waals surface area contributed by atoms with Crippen molar-refractivity contribution in [1.29, 1.82) is 0 Å². The third-order valence-electron chi connectivity index (χ3n) is 4.64. The summed E-state index contributed by atoms with van der Waals surface area (Å²) in [5.41, 5.74) is 0. The number of aliphatic hydroxyl groups excluding tert-OH is 1. The first-order chi connectivity index (χ1) is 9.61. The molecule has 1 aliphatic carbocycles. The third-order valence-corrected chi connectivity index (χ3v) is 8.04. The molecule has 2 aliphatic rings. The van der Waals surface area contributed by atoms with Gasteiger partial charge in [0, 0.05) is 18.0 Å². The van der Waals surface area contributed by atoms with Crippen LogP contribution in [-0.2, 0) is 16.6 Å². The Morgan fingerprint density at radius 3 is 2.65 bits per heavy atom. The zero-order valence-electron chi connectivity index (χ0n) is 11.5. The molecule has 0 radical (unpaired) electrons. The van der Waals surface area contributed by atoms with Gasteiger partial charge in [-0.1, -0.05) is 19.3 Å². The van der Waals surface area contributed by atoms with Crippen molar-refractivity contribution in [2.24, 2.45) is 11.8 Å². The van der Waals surface area contributed by atoms with E-state index in [4.69, 9.17) is 5.11 Å². The minimum Gasteiger partial charge on any atom is -0.391 e. The summed E-state index contributed by atoms with van der Waals surface area (Å²) >= 11 is 1.18. The highest BCUT2D eigenvalue weighted by atomic mass is 32.2. The van der Waals surface area contributed by atoms with Gasteiger partial charge < -0.3 is 5.11 Å². The highest BCUT2D eigenvalue weighted by Crippen LogP contribution is 2.38. The van der Waals surface area contributed by atoms with E-state index in [1.54, 1.807) is 16.4 Å². The average Bonchev–Trinajstić information content (AvgIpc) is 2.96. The number of sulfonamides is 1. The lowest BCUT2D eigenvalue weighted by Crippen LogP contribution is -2.44. The molecular weight excluding hydrogens is 294 g/mol. The number of piperidine rings is 1. The quantitative estimate of drug-likeness (QED) is 0.932. The summed E-state index contributed by atoms with van der Waals surface area (Å²) in [5, 5.41) is 9.08. The number of fused-ring (bicyclic) bond motifs is 1. The minimum absolute atomic E-state index is 0.0924. The Bertz CT molecular complexity index is 567. The predicted octanol–water partition coefficient (Wildman–Crippen LogP) is 2.44. The van der Waals surface area contributed by atoms with E-state index >= 15 is 0 Å². The van der Waals surface area contributed by atoms with Gasteiger partial charge in [0.25, 0.3) is 10.0 Å². The largest absolute Gasteiger partial charge is 0.391 e. The first-order valence-corrected chi connectivity index (χ1v) is 9.56. The molecule has 4 nitrogen and oxygen atoms in total. The molecule has 2 unspecified atom stereocenters. The van der Waals surface area contributed by atoms with Crippen LogP contribution in [0.5, 0.6) is 0 Å². The van der Waals surface area contributed by atoms with E-state index in [9.17, 15) is 8.42 Å². The van der Waals surface area contributed by atoms with E-state index in [1.807, 2.05) is 0 Å². The summed E-state index contributed by atoms with van der Waals surface area (Å²) < 4.78 is 27.3. The van der Waals surface area contributed by atoms with Crippen molar-refractivity contribution < 1.29 is 13.5 Å². The molecule has 20 heavy (non-hydrogen) atoms. The summed E-state index contributed by atoms with van der Waals surface area (Å²) in [5.74, 6) is 1.27. The molecule has 6 heteroatoms. The van der Waals surface area contributed by atoms with Gasteiger partial charge in [0.15, 0.2) is 0 Å². The topological polar surface area (TPSA) is 57.6 Å². The molecule has 2 atom stereocenters. The van der Waals surface area contributed by atoms with E-state index < -0.39 is 10.0 Å². The van der Waals surface area contributed by atoms with E-state index in [0.29, 0.717) is 28.1 Å². The van der Waals surface area contributed by atoms with Crippen LogP contribution in [0.2, 0.25) is 0 Å². The Balaban J connectivity index is 1.77. The van der Waals surface area contributed by atoms with Crippen molar-refractivity contribution in [1.82, 2.24) is 4.31 Å². The Kier molecular flexibility index (Phi) is 4.17.